The number of halogens is 2. The van der Waals surface area contributed by atoms with Gasteiger partial charge in [0.05, 0.1) is 5.39 Å². The summed E-state index contributed by atoms with van der Waals surface area (Å²) in [6.07, 6.45) is 1.48. The van der Waals surface area contributed by atoms with Crippen molar-refractivity contribution in [2.45, 2.75) is 6.92 Å². The van der Waals surface area contributed by atoms with Gasteiger partial charge in [0.25, 0.3) is 0 Å². The SMILES string of the molecule is Cc1sc2ncnc(Nc3cccc(F)c3)c2c1-c1ccc(F)cc1. The molecule has 2 aromatic heterocycles. The number of benzene rings is 2. The lowest BCUT2D eigenvalue weighted by atomic mass is 10.0. The van der Waals surface area contributed by atoms with Crippen LogP contribution < -0.4 is 5.32 Å². The van der Waals surface area contributed by atoms with Crippen LogP contribution in [0.4, 0.5) is 20.3 Å². The van der Waals surface area contributed by atoms with Crippen LogP contribution >= 0.6 is 11.3 Å². The molecule has 3 nitrogen and oxygen atoms in total. The fraction of sp³-hybridized carbons (Fsp3) is 0.0526. The van der Waals surface area contributed by atoms with E-state index in [1.165, 1.54) is 30.6 Å². The van der Waals surface area contributed by atoms with Crippen LogP contribution in [0.25, 0.3) is 21.3 Å². The van der Waals surface area contributed by atoms with E-state index >= 15 is 0 Å². The van der Waals surface area contributed by atoms with E-state index in [2.05, 4.69) is 15.3 Å². The van der Waals surface area contributed by atoms with Crippen molar-refractivity contribution in [2.75, 3.05) is 5.32 Å². The van der Waals surface area contributed by atoms with E-state index in [0.29, 0.717) is 11.5 Å². The summed E-state index contributed by atoms with van der Waals surface area (Å²) in [4.78, 5) is 10.6. The second-order valence-electron chi connectivity index (χ2n) is 5.58. The van der Waals surface area contributed by atoms with Crippen molar-refractivity contribution in [1.82, 2.24) is 9.97 Å². The number of nitrogens with one attached hydrogen (secondary N) is 1. The number of anilines is 2. The highest BCUT2D eigenvalue weighted by molar-refractivity contribution is 7.19. The number of rotatable bonds is 3. The zero-order valence-electron chi connectivity index (χ0n) is 13.3. The summed E-state index contributed by atoms with van der Waals surface area (Å²) in [7, 11) is 0. The molecule has 2 heterocycles. The summed E-state index contributed by atoms with van der Waals surface area (Å²) in [5.41, 5.74) is 2.45. The third kappa shape index (κ3) is 2.96. The molecular weight excluding hydrogens is 340 g/mol. The quantitative estimate of drug-likeness (QED) is 0.514. The van der Waals surface area contributed by atoms with Gasteiger partial charge in [0.1, 0.15) is 28.6 Å². The molecule has 25 heavy (non-hydrogen) atoms. The van der Waals surface area contributed by atoms with Crippen molar-refractivity contribution in [3.05, 3.63) is 71.4 Å². The molecule has 0 atom stereocenters. The van der Waals surface area contributed by atoms with Crippen LogP contribution in [-0.2, 0) is 0 Å². The monoisotopic (exact) mass is 353 g/mol. The first-order valence-corrected chi connectivity index (χ1v) is 8.46. The molecule has 0 bridgehead atoms. The molecule has 4 rings (SSSR count). The second-order valence-corrected chi connectivity index (χ2v) is 6.78. The zero-order valence-corrected chi connectivity index (χ0v) is 14.1. The minimum Gasteiger partial charge on any atom is -0.339 e. The van der Waals surface area contributed by atoms with Crippen LogP contribution in [0.2, 0.25) is 0 Å². The van der Waals surface area contributed by atoms with Gasteiger partial charge in [-0.15, -0.1) is 11.3 Å². The Balaban J connectivity index is 1.89. The number of aromatic nitrogens is 2. The van der Waals surface area contributed by atoms with E-state index in [0.717, 1.165) is 26.2 Å². The van der Waals surface area contributed by atoms with Gasteiger partial charge < -0.3 is 5.32 Å². The molecule has 0 aliphatic rings. The molecular formula is C19H13F2N3S. The van der Waals surface area contributed by atoms with Crippen molar-refractivity contribution < 1.29 is 8.78 Å². The van der Waals surface area contributed by atoms with Crippen LogP contribution in [0.15, 0.2) is 54.9 Å². The summed E-state index contributed by atoms with van der Waals surface area (Å²) in [5.74, 6) is -0.00914. The Labute approximate surface area is 147 Å². The Bertz CT molecular complexity index is 1060. The lowest BCUT2D eigenvalue weighted by molar-refractivity contribution is 0.628. The van der Waals surface area contributed by atoms with E-state index in [9.17, 15) is 8.78 Å². The molecule has 0 saturated carbocycles. The molecule has 0 amide bonds. The maximum Gasteiger partial charge on any atom is 0.143 e. The summed E-state index contributed by atoms with van der Waals surface area (Å²) in [6, 6.07) is 12.5. The minimum atomic E-state index is -0.324. The number of thiophene rings is 1. The molecule has 1 N–H and O–H groups in total. The topological polar surface area (TPSA) is 37.8 Å². The van der Waals surface area contributed by atoms with Crippen LogP contribution in [0, 0.1) is 18.6 Å². The molecule has 124 valence electrons. The van der Waals surface area contributed by atoms with E-state index in [-0.39, 0.29) is 11.6 Å². The molecule has 6 heteroatoms. The van der Waals surface area contributed by atoms with Crippen molar-refractivity contribution >= 4 is 33.1 Å². The van der Waals surface area contributed by atoms with Crippen molar-refractivity contribution in [3.8, 4) is 11.1 Å². The van der Waals surface area contributed by atoms with Gasteiger partial charge in [-0.2, -0.15) is 0 Å². The summed E-state index contributed by atoms with van der Waals surface area (Å²) < 4.78 is 26.7. The standard InChI is InChI=1S/C19H13F2N3S/c1-11-16(12-5-7-13(20)8-6-12)17-18(22-10-23-19(17)25-11)24-15-4-2-3-14(21)9-15/h2-10H,1H3,(H,22,23,24). The number of nitrogens with zero attached hydrogens (tertiary/aromatic N) is 2. The third-order valence-corrected chi connectivity index (χ3v) is 4.90. The Hall–Kier alpha value is -2.86. The van der Waals surface area contributed by atoms with Gasteiger partial charge >= 0.3 is 0 Å². The molecule has 0 saturated heterocycles. The van der Waals surface area contributed by atoms with Crippen LogP contribution in [0.1, 0.15) is 4.88 Å². The first-order chi connectivity index (χ1) is 12.1. The average molecular weight is 353 g/mol. The maximum atomic E-state index is 13.5. The van der Waals surface area contributed by atoms with E-state index in [1.54, 1.807) is 35.6 Å². The fourth-order valence-corrected chi connectivity index (χ4v) is 3.82. The highest BCUT2D eigenvalue weighted by atomic mass is 32.1. The van der Waals surface area contributed by atoms with Gasteiger partial charge in [0.15, 0.2) is 0 Å². The Morgan fingerprint density at radius 2 is 1.76 bits per heavy atom. The number of hydrogen-bond acceptors (Lipinski definition) is 4. The smallest absolute Gasteiger partial charge is 0.143 e. The van der Waals surface area contributed by atoms with E-state index < -0.39 is 0 Å². The number of fused-ring (bicyclic) bond motifs is 1. The molecule has 0 aliphatic carbocycles. The predicted octanol–water partition coefficient (Wildman–Crippen LogP) is 5.69. The van der Waals surface area contributed by atoms with Crippen LogP contribution in [-0.4, -0.2) is 9.97 Å². The van der Waals surface area contributed by atoms with Gasteiger partial charge in [-0.25, -0.2) is 18.7 Å². The maximum absolute atomic E-state index is 13.5. The number of aryl methyl sites for hydroxylation is 1. The first kappa shape index (κ1) is 15.7. The minimum absolute atomic E-state index is 0.282. The van der Waals surface area contributed by atoms with E-state index in [4.69, 9.17) is 0 Å². The van der Waals surface area contributed by atoms with Gasteiger partial charge in [0, 0.05) is 16.1 Å². The predicted molar refractivity (Wildman–Crippen MR) is 97.2 cm³/mol. The molecule has 2 aromatic carbocycles. The fourth-order valence-electron chi connectivity index (χ4n) is 2.81. The Kier molecular flexibility index (Phi) is 3.89. The molecule has 0 radical (unpaired) electrons. The first-order valence-electron chi connectivity index (χ1n) is 7.64. The van der Waals surface area contributed by atoms with Crippen LogP contribution in [0.3, 0.4) is 0 Å². The van der Waals surface area contributed by atoms with Gasteiger partial charge in [0.2, 0.25) is 0 Å². The van der Waals surface area contributed by atoms with Crippen molar-refractivity contribution in [2.24, 2.45) is 0 Å². The molecule has 0 spiro atoms. The highest BCUT2D eigenvalue weighted by Crippen LogP contribution is 2.40. The summed E-state index contributed by atoms with van der Waals surface area (Å²) in [6.45, 7) is 2.00. The highest BCUT2D eigenvalue weighted by Gasteiger charge is 2.17. The lowest BCUT2D eigenvalue weighted by Gasteiger charge is -2.09. The van der Waals surface area contributed by atoms with Crippen molar-refractivity contribution in [1.29, 1.82) is 0 Å². The largest absolute Gasteiger partial charge is 0.339 e. The summed E-state index contributed by atoms with van der Waals surface area (Å²) >= 11 is 1.55. The molecule has 4 aromatic rings. The Morgan fingerprint density at radius 1 is 0.960 bits per heavy atom. The van der Waals surface area contributed by atoms with Crippen molar-refractivity contribution in [3.63, 3.8) is 0 Å². The molecule has 0 aliphatic heterocycles. The van der Waals surface area contributed by atoms with E-state index in [1.807, 2.05) is 6.92 Å². The lowest BCUT2D eigenvalue weighted by Crippen LogP contribution is -1.96. The van der Waals surface area contributed by atoms with Gasteiger partial charge in [-0.3, -0.25) is 0 Å². The number of hydrogen-bond donors (Lipinski definition) is 1. The molecule has 0 fully saturated rings. The average Bonchev–Trinajstić information content (AvgIpc) is 2.93. The normalized spacial score (nSPS) is 11.0. The third-order valence-electron chi connectivity index (χ3n) is 3.88. The van der Waals surface area contributed by atoms with Gasteiger partial charge in [-0.05, 0) is 42.8 Å². The second kappa shape index (κ2) is 6.22. The molecule has 0 unspecified atom stereocenters. The summed E-state index contributed by atoms with van der Waals surface area (Å²) in [5, 5.41) is 4.01. The van der Waals surface area contributed by atoms with Gasteiger partial charge in [-0.1, -0.05) is 18.2 Å². The zero-order chi connectivity index (χ0) is 17.4. The Morgan fingerprint density at radius 3 is 2.52 bits per heavy atom. The van der Waals surface area contributed by atoms with Crippen LogP contribution in [0.5, 0.6) is 0 Å².